The monoisotopic (exact) mass is 372 g/mol. The van der Waals surface area contributed by atoms with Gasteiger partial charge in [-0.2, -0.15) is 0 Å². The number of hydrogen-bond acceptors (Lipinski definition) is 4. The molecule has 0 atom stereocenters. The lowest BCUT2D eigenvalue weighted by molar-refractivity contribution is 0.0689. The number of likely N-dealkylation sites (tertiary alicyclic amines) is 1. The number of aromatic carboxylic acids is 1. The number of carboxylic acids is 1. The zero-order valence-electron chi connectivity index (χ0n) is 14.4. The molecule has 7 heteroatoms. The quantitative estimate of drug-likeness (QED) is 0.864. The van der Waals surface area contributed by atoms with Crippen LogP contribution in [0.4, 0.5) is 0 Å². The third kappa shape index (κ3) is 4.11. The molecule has 0 aliphatic carbocycles. The number of thiophene rings is 1. The zero-order valence-corrected chi connectivity index (χ0v) is 15.2. The van der Waals surface area contributed by atoms with E-state index in [1.165, 1.54) is 12.1 Å². The van der Waals surface area contributed by atoms with Gasteiger partial charge in [-0.1, -0.05) is 17.7 Å². The number of carbonyl (C=O) groups is 3. The van der Waals surface area contributed by atoms with Crippen LogP contribution < -0.4 is 5.32 Å². The van der Waals surface area contributed by atoms with Crippen LogP contribution >= 0.6 is 11.3 Å². The van der Waals surface area contributed by atoms with E-state index < -0.39 is 5.97 Å². The average molecular weight is 372 g/mol. The molecule has 0 radical (unpaired) electrons. The van der Waals surface area contributed by atoms with Crippen LogP contribution in [0.2, 0.25) is 0 Å². The van der Waals surface area contributed by atoms with Crippen molar-refractivity contribution in [3.8, 4) is 0 Å². The Morgan fingerprint density at radius 1 is 1.04 bits per heavy atom. The van der Waals surface area contributed by atoms with E-state index in [9.17, 15) is 14.4 Å². The van der Waals surface area contributed by atoms with Gasteiger partial charge in [0.2, 0.25) is 0 Å². The minimum absolute atomic E-state index is 0.0131. The van der Waals surface area contributed by atoms with E-state index in [0.717, 1.165) is 16.9 Å². The topological polar surface area (TPSA) is 86.7 Å². The van der Waals surface area contributed by atoms with Crippen LogP contribution in [0.25, 0.3) is 0 Å². The van der Waals surface area contributed by atoms with Gasteiger partial charge in [-0.05, 0) is 44.0 Å². The molecule has 1 aliphatic heterocycles. The second-order valence-electron chi connectivity index (χ2n) is 6.38. The molecule has 26 heavy (non-hydrogen) atoms. The van der Waals surface area contributed by atoms with Crippen molar-refractivity contribution in [2.24, 2.45) is 0 Å². The molecule has 0 bridgehead atoms. The van der Waals surface area contributed by atoms with Crippen molar-refractivity contribution in [2.45, 2.75) is 25.8 Å². The van der Waals surface area contributed by atoms with Crippen LogP contribution in [0.15, 0.2) is 36.4 Å². The van der Waals surface area contributed by atoms with E-state index in [2.05, 4.69) is 5.32 Å². The summed E-state index contributed by atoms with van der Waals surface area (Å²) in [5.74, 6) is -1.28. The molecule has 0 saturated carbocycles. The first kappa shape index (κ1) is 18.1. The fourth-order valence-corrected chi connectivity index (χ4v) is 3.69. The largest absolute Gasteiger partial charge is 0.477 e. The van der Waals surface area contributed by atoms with Gasteiger partial charge in [0, 0.05) is 24.7 Å². The second-order valence-corrected chi connectivity index (χ2v) is 7.46. The maximum absolute atomic E-state index is 12.5. The lowest BCUT2D eigenvalue weighted by Gasteiger charge is -2.32. The lowest BCUT2D eigenvalue weighted by Crippen LogP contribution is -2.46. The summed E-state index contributed by atoms with van der Waals surface area (Å²) >= 11 is 0.965. The molecule has 1 aromatic carbocycles. The molecule has 1 aromatic heterocycles. The highest BCUT2D eigenvalue weighted by molar-refractivity contribution is 7.15. The van der Waals surface area contributed by atoms with Gasteiger partial charge in [-0.3, -0.25) is 9.59 Å². The first-order valence-electron chi connectivity index (χ1n) is 8.44. The maximum atomic E-state index is 12.5. The molecule has 0 unspecified atom stereocenters. The highest BCUT2D eigenvalue weighted by atomic mass is 32.1. The maximum Gasteiger partial charge on any atom is 0.345 e. The van der Waals surface area contributed by atoms with Crippen LogP contribution in [0, 0.1) is 6.92 Å². The summed E-state index contributed by atoms with van der Waals surface area (Å²) in [5, 5.41) is 11.9. The van der Waals surface area contributed by atoms with E-state index in [4.69, 9.17) is 5.11 Å². The minimum Gasteiger partial charge on any atom is -0.477 e. The summed E-state index contributed by atoms with van der Waals surface area (Å²) in [4.78, 5) is 38.0. The molecule has 2 N–H and O–H groups in total. The minimum atomic E-state index is -1.03. The molecule has 1 aliphatic rings. The summed E-state index contributed by atoms with van der Waals surface area (Å²) in [6, 6.07) is 10.5. The van der Waals surface area contributed by atoms with Gasteiger partial charge in [0.05, 0.1) is 4.88 Å². The number of rotatable bonds is 4. The van der Waals surface area contributed by atoms with Gasteiger partial charge in [0.15, 0.2) is 0 Å². The standard InChI is InChI=1S/C19H20N2O4S/c1-12-2-4-13(5-3-12)18(23)21-10-8-14(9-11-21)20-17(22)15-6-7-16(26-15)19(24)25/h2-7,14H,8-11H2,1H3,(H,20,22)(H,24,25). The van der Waals surface area contributed by atoms with Crippen molar-refractivity contribution in [2.75, 3.05) is 13.1 Å². The number of aryl methyl sites for hydroxylation is 1. The third-order valence-corrected chi connectivity index (χ3v) is 5.53. The van der Waals surface area contributed by atoms with Gasteiger partial charge < -0.3 is 15.3 Å². The fourth-order valence-electron chi connectivity index (χ4n) is 2.94. The zero-order chi connectivity index (χ0) is 18.7. The summed E-state index contributed by atoms with van der Waals surface area (Å²) in [6.07, 6.45) is 1.36. The molecule has 2 aromatic rings. The molecule has 1 saturated heterocycles. The lowest BCUT2D eigenvalue weighted by atomic mass is 10.0. The van der Waals surface area contributed by atoms with Crippen LogP contribution in [0.5, 0.6) is 0 Å². The van der Waals surface area contributed by atoms with Crippen molar-refractivity contribution < 1.29 is 19.5 Å². The van der Waals surface area contributed by atoms with Gasteiger partial charge in [-0.15, -0.1) is 11.3 Å². The molecular weight excluding hydrogens is 352 g/mol. The van der Waals surface area contributed by atoms with Crippen LogP contribution in [-0.2, 0) is 0 Å². The number of piperidine rings is 1. The Hall–Kier alpha value is -2.67. The second kappa shape index (κ2) is 7.70. The Kier molecular flexibility index (Phi) is 5.37. The molecule has 6 nitrogen and oxygen atoms in total. The Labute approximate surface area is 155 Å². The molecule has 2 amide bonds. The molecule has 0 spiro atoms. The number of carboxylic acid groups (broad SMARTS) is 1. The van der Waals surface area contributed by atoms with Crippen LogP contribution in [0.1, 0.15) is 48.1 Å². The number of hydrogen-bond donors (Lipinski definition) is 2. The SMILES string of the molecule is Cc1ccc(C(=O)N2CCC(NC(=O)c3ccc(C(=O)O)s3)CC2)cc1. The number of nitrogens with zero attached hydrogens (tertiary/aromatic N) is 1. The van der Waals surface area contributed by atoms with E-state index >= 15 is 0 Å². The normalized spacial score (nSPS) is 14.9. The van der Waals surface area contributed by atoms with E-state index in [1.54, 1.807) is 4.90 Å². The third-order valence-electron chi connectivity index (χ3n) is 4.46. The highest BCUT2D eigenvalue weighted by Gasteiger charge is 2.25. The number of carbonyl (C=O) groups excluding carboxylic acids is 2. The Balaban J connectivity index is 1.53. The Morgan fingerprint density at radius 2 is 1.65 bits per heavy atom. The summed E-state index contributed by atoms with van der Waals surface area (Å²) < 4.78 is 0. The number of benzene rings is 1. The molecule has 1 fully saturated rings. The van der Waals surface area contributed by atoms with Gasteiger partial charge in [-0.25, -0.2) is 4.79 Å². The van der Waals surface area contributed by atoms with Gasteiger partial charge in [0.25, 0.3) is 11.8 Å². The van der Waals surface area contributed by atoms with Crippen molar-refractivity contribution >= 4 is 29.1 Å². The van der Waals surface area contributed by atoms with E-state index in [-0.39, 0.29) is 22.7 Å². The van der Waals surface area contributed by atoms with E-state index in [0.29, 0.717) is 36.4 Å². The fraction of sp³-hybridized carbons (Fsp3) is 0.316. The van der Waals surface area contributed by atoms with Gasteiger partial charge >= 0.3 is 5.97 Å². The predicted molar refractivity (Wildman–Crippen MR) is 98.8 cm³/mol. The van der Waals surface area contributed by atoms with Gasteiger partial charge in [0.1, 0.15) is 4.88 Å². The number of nitrogens with one attached hydrogen (secondary N) is 1. The van der Waals surface area contributed by atoms with Crippen molar-refractivity contribution in [1.29, 1.82) is 0 Å². The average Bonchev–Trinajstić information content (AvgIpc) is 3.13. The summed E-state index contributed by atoms with van der Waals surface area (Å²) in [7, 11) is 0. The molecule has 2 heterocycles. The molecular formula is C19H20N2O4S. The van der Waals surface area contributed by atoms with Crippen LogP contribution in [-0.4, -0.2) is 46.9 Å². The highest BCUT2D eigenvalue weighted by Crippen LogP contribution is 2.18. The van der Waals surface area contributed by atoms with Crippen molar-refractivity contribution in [3.63, 3.8) is 0 Å². The molecule has 3 rings (SSSR count). The Bertz CT molecular complexity index is 820. The van der Waals surface area contributed by atoms with E-state index in [1.807, 2.05) is 31.2 Å². The first-order chi connectivity index (χ1) is 12.4. The summed E-state index contributed by atoms with van der Waals surface area (Å²) in [6.45, 7) is 3.15. The molecule has 136 valence electrons. The van der Waals surface area contributed by atoms with Crippen molar-refractivity contribution in [1.82, 2.24) is 10.2 Å². The first-order valence-corrected chi connectivity index (χ1v) is 9.25. The van der Waals surface area contributed by atoms with Crippen molar-refractivity contribution in [3.05, 3.63) is 57.3 Å². The smallest absolute Gasteiger partial charge is 0.345 e. The Morgan fingerprint density at radius 3 is 2.23 bits per heavy atom. The number of amides is 2. The summed E-state index contributed by atoms with van der Waals surface area (Å²) in [5.41, 5.74) is 1.79. The predicted octanol–water partition coefficient (Wildman–Crippen LogP) is 2.79. The van der Waals surface area contributed by atoms with Crippen LogP contribution in [0.3, 0.4) is 0 Å².